The molecule has 0 bridgehead atoms. The normalized spacial score (nSPS) is 19.9. The lowest BCUT2D eigenvalue weighted by atomic mass is 9.70. The third-order valence-electron chi connectivity index (χ3n) is 7.27. The van der Waals surface area contributed by atoms with Crippen LogP contribution in [0, 0.1) is 12.7 Å². The van der Waals surface area contributed by atoms with E-state index in [0.717, 1.165) is 16.5 Å². The summed E-state index contributed by atoms with van der Waals surface area (Å²) in [5, 5.41) is 25.2. The van der Waals surface area contributed by atoms with Crippen molar-refractivity contribution < 1.29 is 33.7 Å². The van der Waals surface area contributed by atoms with E-state index in [-0.39, 0.29) is 45.3 Å². The number of aromatic amines is 1. The molecule has 3 aromatic rings. The number of ketones is 3. The van der Waals surface area contributed by atoms with E-state index in [1.165, 1.54) is 39.0 Å². The maximum Gasteiger partial charge on any atom is 0.194 e. The van der Waals surface area contributed by atoms with Crippen molar-refractivity contribution in [2.45, 2.75) is 39.5 Å². The summed E-state index contributed by atoms with van der Waals surface area (Å²) in [7, 11) is 0. The van der Waals surface area contributed by atoms with Crippen LogP contribution in [-0.4, -0.2) is 39.1 Å². The van der Waals surface area contributed by atoms with E-state index >= 15 is 0 Å². The lowest BCUT2D eigenvalue weighted by Gasteiger charge is -2.29. The Labute approximate surface area is 211 Å². The predicted molar refractivity (Wildman–Crippen MR) is 133 cm³/mol. The molecule has 37 heavy (non-hydrogen) atoms. The molecule has 0 fully saturated rings. The Kier molecular flexibility index (Phi) is 5.47. The summed E-state index contributed by atoms with van der Waals surface area (Å²) in [6.07, 6.45) is 3.48. The minimum absolute atomic E-state index is 0.0160. The molecule has 1 atom stereocenters. The molecule has 0 radical (unpaired) electrons. The van der Waals surface area contributed by atoms with Crippen molar-refractivity contribution in [2.75, 3.05) is 6.54 Å². The van der Waals surface area contributed by atoms with Gasteiger partial charge in [-0.25, -0.2) is 4.39 Å². The second-order valence-corrected chi connectivity index (χ2v) is 9.57. The average Bonchev–Trinajstić information content (AvgIpc) is 3.36. The quantitative estimate of drug-likeness (QED) is 0.235. The number of carbonyl (C=O) groups excluding carboxylic acids is 3. The Hall–Kier alpha value is -4.40. The van der Waals surface area contributed by atoms with E-state index < -0.39 is 28.5 Å². The number of H-pyrrole nitrogens is 1. The first-order valence-corrected chi connectivity index (χ1v) is 11.8. The van der Waals surface area contributed by atoms with E-state index in [9.17, 15) is 29.0 Å². The first-order valence-electron chi connectivity index (χ1n) is 11.8. The zero-order valence-electron chi connectivity index (χ0n) is 20.7. The number of Topliss-reactive ketones (excluding diaryl/α,β-unsaturated/α-hetero) is 2. The lowest BCUT2D eigenvalue weighted by Crippen LogP contribution is -2.41. The molecule has 2 aliphatic rings. The number of halogens is 1. The largest absolute Gasteiger partial charge is 0.507 e. The highest BCUT2D eigenvalue weighted by molar-refractivity contribution is 6.31. The fourth-order valence-corrected chi connectivity index (χ4v) is 5.19. The summed E-state index contributed by atoms with van der Waals surface area (Å²) >= 11 is 0. The molecule has 190 valence electrons. The molecule has 1 unspecified atom stereocenters. The Bertz CT molecular complexity index is 1610. The second kappa shape index (κ2) is 8.33. The minimum atomic E-state index is -1.57. The van der Waals surface area contributed by atoms with Crippen LogP contribution >= 0.6 is 0 Å². The van der Waals surface area contributed by atoms with Crippen molar-refractivity contribution in [3.05, 3.63) is 75.6 Å². The number of allylic oxidation sites excluding steroid dienone is 4. The van der Waals surface area contributed by atoms with E-state index in [1.807, 2.05) is 0 Å². The minimum Gasteiger partial charge on any atom is -0.507 e. The number of phenolic OH excluding ortho intramolecular Hbond substituents is 2. The molecule has 1 aromatic heterocycles. The zero-order valence-corrected chi connectivity index (χ0v) is 20.7. The van der Waals surface area contributed by atoms with Crippen LogP contribution in [0.4, 0.5) is 4.39 Å². The molecule has 0 amide bonds. The Morgan fingerprint density at radius 2 is 1.92 bits per heavy atom. The van der Waals surface area contributed by atoms with E-state index in [0.29, 0.717) is 18.7 Å². The van der Waals surface area contributed by atoms with Crippen LogP contribution in [0.3, 0.4) is 0 Å². The van der Waals surface area contributed by atoms with Gasteiger partial charge in [-0.05, 0) is 57.9 Å². The van der Waals surface area contributed by atoms with Crippen molar-refractivity contribution in [1.82, 2.24) is 10.3 Å². The molecule has 1 aliphatic carbocycles. The van der Waals surface area contributed by atoms with Gasteiger partial charge in [-0.15, -0.1) is 0 Å². The summed E-state index contributed by atoms with van der Waals surface area (Å²) < 4.78 is 19.5. The van der Waals surface area contributed by atoms with Gasteiger partial charge in [-0.2, -0.15) is 0 Å². The Balaban J connectivity index is 1.50. The van der Waals surface area contributed by atoms with Crippen molar-refractivity contribution in [1.29, 1.82) is 0 Å². The van der Waals surface area contributed by atoms with Gasteiger partial charge in [0, 0.05) is 41.0 Å². The highest BCUT2D eigenvalue weighted by Crippen LogP contribution is 2.57. The van der Waals surface area contributed by atoms with Gasteiger partial charge in [0.05, 0.1) is 11.1 Å². The number of benzene rings is 2. The highest BCUT2D eigenvalue weighted by Gasteiger charge is 2.56. The molecular weight excluding hydrogens is 479 g/mol. The van der Waals surface area contributed by atoms with Gasteiger partial charge in [0.15, 0.2) is 17.3 Å². The molecule has 0 saturated carbocycles. The summed E-state index contributed by atoms with van der Waals surface area (Å²) in [6, 6.07) is 4.49. The third-order valence-corrected chi connectivity index (χ3v) is 7.27. The van der Waals surface area contributed by atoms with E-state index in [2.05, 4.69) is 10.3 Å². The standard InChI is InChI=1S/C28H25FN2O6/c1-12-24(34)22(14(3)32)26-23(25(12)35)28(4)20(37-26)10-19(33)21(27(28)36)13(2)30-8-7-15-11-31-18-6-5-16(29)9-17(15)18/h5-6,9-11,30-31,34-35H,7-8H2,1-4H3. The van der Waals surface area contributed by atoms with Crippen molar-refractivity contribution in [3.8, 4) is 17.2 Å². The Morgan fingerprint density at radius 3 is 2.62 bits per heavy atom. The number of fused-ring (bicyclic) bond motifs is 4. The summed E-state index contributed by atoms with van der Waals surface area (Å²) in [5.74, 6) is -2.97. The molecule has 8 nitrogen and oxygen atoms in total. The van der Waals surface area contributed by atoms with Crippen LogP contribution in [0.15, 0.2) is 47.5 Å². The SMILES string of the molecule is CC(=O)c1c(O)c(C)c(O)c2c1OC1=CC(=O)C(=C(C)NCCc3c[nH]c4ccc(F)cc34)C(=O)C12C. The number of aromatic hydroxyl groups is 2. The van der Waals surface area contributed by atoms with Crippen LogP contribution < -0.4 is 10.1 Å². The first kappa shape index (κ1) is 24.3. The zero-order chi connectivity index (χ0) is 26.8. The van der Waals surface area contributed by atoms with E-state index in [4.69, 9.17) is 4.74 Å². The van der Waals surface area contributed by atoms with Gasteiger partial charge < -0.3 is 25.3 Å². The third kappa shape index (κ3) is 3.45. The lowest BCUT2D eigenvalue weighted by molar-refractivity contribution is -0.123. The van der Waals surface area contributed by atoms with Crippen molar-refractivity contribution in [2.24, 2.45) is 0 Å². The molecule has 0 saturated heterocycles. The fourth-order valence-electron chi connectivity index (χ4n) is 5.19. The van der Waals surface area contributed by atoms with Crippen LogP contribution in [0.25, 0.3) is 10.9 Å². The molecule has 2 aromatic carbocycles. The van der Waals surface area contributed by atoms with E-state index in [1.54, 1.807) is 19.2 Å². The first-order chi connectivity index (χ1) is 17.5. The van der Waals surface area contributed by atoms with Gasteiger partial charge in [0.2, 0.25) is 0 Å². The second-order valence-electron chi connectivity index (χ2n) is 9.57. The van der Waals surface area contributed by atoms with Crippen LogP contribution in [-0.2, 0) is 21.4 Å². The topological polar surface area (TPSA) is 129 Å². The molecular formula is C28H25FN2O6. The highest BCUT2D eigenvalue weighted by atomic mass is 19.1. The van der Waals surface area contributed by atoms with Crippen LogP contribution in [0.5, 0.6) is 17.2 Å². The summed E-state index contributed by atoms with van der Waals surface area (Å²) in [4.78, 5) is 42.2. The average molecular weight is 505 g/mol. The number of hydrogen-bond acceptors (Lipinski definition) is 7. The van der Waals surface area contributed by atoms with Gasteiger partial charge >= 0.3 is 0 Å². The summed E-state index contributed by atoms with van der Waals surface area (Å²) in [5.41, 5.74) is 0.291. The number of phenols is 2. The van der Waals surface area contributed by atoms with Gasteiger partial charge in [0.1, 0.15) is 39.8 Å². The molecule has 9 heteroatoms. The smallest absolute Gasteiger partial charge is 0.194 e. The van der Waals surface area contributed by atoms with Crippen molar-refractivity contribution >= 4 is 28.3 Å². The van der Waals surface area contributed by atoms with Gasteiger partial charge in [0.25, 0.3) is 0 Å². The molecule has 5 rings (SSSR count). The van der Waals surface area contributed by atoms with Crippen LogP contribution in [0.2, 0.25) is 0 Å². The molecule has 0 spiro atoms. The van der Waals surface area contributed by atoms with Gasteiger partial charge in [-0.1, -0.05) is 0 Å². The number of aromatic nitrogens is 1. The number of hydrogen-bond donors (Lipinski definition) is 4. The Morgan fingerprint density at radius 1 is 1.19 bits per heavy atom. The monoisotopic (exact) mass is 504 g/mol. The predicted octanol–water partition coefficient (Wildman–Crippen LogP) is 4.02. The van der Waals surface area contributed by atoms with Gasteiger partial charge in [-0.3, -0.25) is 14.4 Å². The van der Waals surface area contributed by atoms with Crippen molar-refractivity contribution in [3.63, 3.8) is 0 Å². The molecule has 1 aliphatic heterocycles. The number of rotatable bonds is 5. The van der Waals surface area contributed by atoms with Crippen LogP contribution in [0.1, 0.15) is 47.8 Å². The number of nitrogens with one attached hydrogen (secondary N) is 2. The molecule has 4 N–H and O–H groups in total. The summed E-state index contributed by atoms with van der Waals surface area (Å²) in [6.45, 7) is 6.17. The maximum absolute atomic E-state index is 13.8. The number of carbonyl (C=O) groups is 3. The molecule has 2 heterocycles. The maximum atomic E-state index is 13.8. The number of ether oxygens (including phenoxy) is 1. The fraction of sp³-hybridized carbons (Fsp3) is 0.250.